The number of aliphatic hydroxyl groups excluding tert-OH is 1. The van der Waals surface area contributed by atoms with Crippen molar-refractivity contribution >= 4 is 5.91 Å². The van der Waals surface area contributed by atoms with E-state index in [0.717, 1.165) is 0 Å². The number of pyridine rings is 1. The van der Waals surface area contributed by atoms with Crippen LogP contribution in [0.15, 0.2) is 18.3 Å². The lowest BCUT2D eigenvalue weighted by molar-refractivity contribution is -0.0168. The number of aliphatic hydroxyl groups is 1. The smallest absolute Gasteiger partial charge is 0.252 e. The molecular weight excluding hydrogens is 272 g/mol. The molecule has 0 saturated carbocycles. The first-order valence-electron chi connectivity index (χ1n) is 7.04. The van der Waals surface area contributed by atoms with E-state index in [1.807, 2.05) is 20.8 Å². The SMILES string of the molecule is CC(C)(C)OCCOc1ccc(C(=O)NCCCO)cn1. The lowest BCUT2D eigenvalue weighted by Crippen LogP contribution is -2.25. The van der Waals surface area contributed by atoms with Gasteiger partial charge >= 0.3 is 0 Å². The van der Waals surface area contributed by atoms with E-state index in [2.05, 4.69) is 10.3 Å². The van der Waals surface area contributed by atoms with Gasteiger partial charge < -0.3 is 19.9 Å². The Morgan fingerprint density at radius 1 is 1.33 bits per heavy atom. The van der Waals surface area contributed by atoms with Gasteiger partial charge in [0.15, 0.2) is 0 Å². The largest absolute Gasteiger partial charge is 0.475 e. The van der Waals surface area contributed by atoms with Crippen molar-refractivity contribution in [2.24, 2.45) is 0 Å². The number of nitrogens with one attached hydrogen (secondary N) is 1. The third-order valence-electron chi connectivity index (χ3n) is 2.49. The maximum atomic E-state index is 11.7. The monoisotopic (exact) mass is 296 g/mol. The summed E-state index contributed by atoms with van der Waals surface area (Å²) in [7, 11) is 0. The van der Waals surface area contributed by atoms with Crippen LogP contribution < -0.4 is 10.1 Å². The summed E-state index contributed by atoms with van der Waals surface area (Å²) in [6, 6.07) is 3.30. The van der Waals surface area contributed by atoms with E-state index in [-0.39, 0.29) is 18.1 Å². The van der Waals surface area contributed by atoms with Crippen LogP contribution in [0.25, 0.3) is 0 Å². The third kappa shape index (κ3) is 7.63. The number of carbonyl (C=O) groups excluding carboxylic acids is 1. The minimum Gasteiger partial charge on any atom is -0.475 e. The Morgan fingerprint density at radius 3 is 2.67 bits per heavy atom. The van der Waals surface area contributed by atoms with Crippen LogP contribution in [0.1, 0.15) is 37.6 Å². The van der Waals surface area contributed by atoms with Gasteiger partial charge in [0, 0.05) is 25.4 Å². The molecule has 6 nitrogen and oxygen atoms in total. The third-order valence-corrected chi connectivity index (χ3v) is 2.49. The fourth-order valence-corrected chi connectivity index (χ4v) is 1.48. The zero-order valence-corrected chi connectivity index (χ0v) is 12.9. The van der Waals surface area contributed by atoms with Crippen molar-refractivity contribution in [3.63, 3.8) is 0 Å². The molecule has 0 unspecified atom stereocenters. The summed E-state index contributed by atoms with van der Waals surface area (Å²) in [4.78, 5) is 15.8. The highest BCUT2D eigenvalue weighted by molar-refractivity contribution is 5.93. The topological polar surface area (TPSA) is 80.7 Å². The Bertz CT molecular complexity index is 426. The highest BCUT2D eigenvalue weighted by Crippen LogP contribution is 2.09. The van der Waals surface area contributed by atoms with Crippen molar-refractivity contribution < 1.29 is 19.4 Å². The Labute approximate surface area is 125 Å². The van der Waals surface area contributed by atoms with Gasteiger partial charge in [-0.3, -0.25) is 4.79 Å². The van der Waals surface area contributed by atoms with Crippen LogP contribution in [0.5, 0.6) is 5.88 Å². The summed E-state index contributed by atoms with van der Waals surface area (Å²) < 4.78 is 11.0. The van der Waals surface area contributed by atoms with Gasteiger partial charge in [-0.1, -0.05) is 0 Å². The molecule has 0 spiro atoms. The number of ether oxygens (including phenoxy) is 2. The molecule has 1 amide bonds. The number of rotatable bonds is 8. The normalized spacial score (nSPS) is 11.2. The molecule has 1 aromatic heterocycles. The van der Waals surface area contributed by atoms with Crippen molar-refractivity contribution in [2.75, 3.05) is 26.4 Å². The fraction of sp³-hybridized carbons (Fsp3) is 0.600. The molecule has 0 bridgehead atoms. The first kappa shape index (κ1) is 17.4. The number of hydrogen-bond acceptors (Lipinski definition) is 5. The molecule has 118 valence electrons. The van der Waals surface area contributed by atoms with Gasteiger partial charge in [0.1, 0.15) is 6.61 Å². The molecule has 0 aliphatic carbocycles. The van der Waals surface area contributed by atoms with Gasteiger partial charge in [0.05, 0.1) is 17.8 Å². The van der Waals surface area contributed by atoms with Crippen LogP contribution in [0.3, 0.4) is 0 Å². The molecule has 0 fully saturated rings. The Hall–Kier alpha value is -1.66. The zero-order valence-electron chi connectivity index (χ0n) is 12.9. The van der Waals surface area contributed by atoms with Gasteiger partial charge in [-0.25, -0.2) is 4.98 Å². The van der Waals surface area contributed by atoms with E-state index in [1.54, 1.807) is 12.1 Å². The van der Waals surface area contributed by atoms with Gasteiger partial charge in [-0.2, -0.15) is 0 Å². The summed E-state index contributed by atoms with van der Waals surface area (Å²) in [6.45, 7) is 7.33. The van der Waals surface area contributed by atoms with Crippen LogP contribution in [0.2, 0.25) is 0 Å². The van der Waals surface area contributed by atoms with Crippen LogP contribution in [-0.2, 0) is 4.74 Å². The Morgan fingerprint density at radius 2 is 2.10 bits per heavy atom. The maximum absolute atomic E-state index is 11.7. The average molecular weight is 296 g/mol. The number of aromatic nitrogens is 1. The number of amides is 1. The van der Waals surface area contributed by atoms with E-state index in [9.17, 15) is 4.79 Å². The molecule has 0 atom stereocenters. The summed E-state index contributed by atoms with van der Waals surface area (Å²) in [6.07, 6.45) is 2.00. The molecule has 1 rings (SSSR count). The molecule has 21 heavy (non-hydrogen) atoms. The van der Waals surface area contributed by atoms with Crippen molar-refractivity contribution in [3.05, 3.63) is 23.9 Å². The van der Waals surface area contributed by atoms with Gasteiger partial charge in [-0.05, 0) is 33.3 Å². The molecular formula is C15H24N2O4. The van der Waals surface area contributed by atoms with Crippen molar-refractivity contribution in [1.82, 2.24) is 10.3 Å². The zero-order chi connectivity index (χ0) is 15.7. The van der Waals surface area contributed by atoms with Crippen LogP contribution in [-0.4, -0.2) is 48.0 Å². The number of hydrogen-bond donors (Lipinski definition) is 2. The second kappa shape index (κ2) is 8.59. The van der Waals surface area contributed by atoms with E-state index >= 15 is 0 Å². The maximum Gasteiger partial charge on any atom is 0.252 e. The molecule has 0 aromatic carbocycles. The quantitative estimate of drug-likeness (QED) is 0.709. The molecule has 0 saturated heterocycles. The molecule has 0 radical (unpaired) electrons. The van der Waals surface area contributed by atoms with Crippen LogP contribution >= 0.6 is 0 Å². The lowest BCUT2D eigenvalue weighted by Gasteiger charge is -2.19. The van der Waals surface area contributed by atoms with Crippen molar-refractivity contribution in [3.8, 4) is 5.88 Å². The highest BCUT2D eigenvalue weighted by Gasteiger charge is 2.10. The van der Waals surface area contributed by atoms with Gasteiger partial charge in [-0.15, -0.1) is 0 Å². The second-order valence-corrected chi connectivity index (χ2v) is 5.53. The first-order valence-corrected chi connectivity index (χ1v) is 7.04. The Kier molecular flexibility index (Phi) is 7.11. The van der Waals surface area contributed by atoms with Crippen LogP contribution in [0, 0.1) is 0 Å². The lowest BCUT2D eigenvalue weighted by atomic mass is 10.2. The predicted octanol–water partition coefficient (Wildman–Crippen LogP) is 1.39. The van der Waals surface area contributed by atoms with Gasteiger partial charge in [0.2, 0.25) is 5.88 Å². The minimum absolute atomic E-state index is 0.0575. The molecule has 0 aliphatic rings. The summed E-state index contributed by atoms with van der Waals surface area (Å²) in [5.41, 5.74) is 0.277. The molecule has 1 heterocycles. The van der Waals surface area contributed by atoms with E-state index in [1.165, 1.54) is 6.20 Å². The summed E-state index contributed by atoms with van der Waals surface area (Å²) in [5.74, 6) is 0.248. The molecule has 6 heteroatoms. The van der Waals surface area contributed by atoms with Crippen LogP contribution in [0.4, 0.5) is 0 Å². The van der Waals surface area contributed by atoms with E-state index in [4.69, 9.17) is 14.6 Å². The van der Waals surface area contributed by atoms with Gasteiger partial charge in [0.25, 0.3) is 5.91 Å². The number of nitrogens with zero attached hydrogens (tertiary/aromatic N) is 1. The molecule has 2 N–H and O–H groups in total. The Balaban J connectivity index is 2.34. The standard InChI is InChI=1S/C15H24N2O4/c1-15(2,3)21-10-9-20-13-6-5-12(11-17-13)14(19)16-7-4-8-18/h5-6,11,18H,4,7-10H2,1-3H3,(H,16,19). The van der Waals surface area contributed by atoms with Crippen molar-refractivity contribution in [1.29, 1.82) is 0 Å². The van der Waals surface area contributed by atoms with E-state index < -0.39 is 0 Å². The number of carbonyl (C=O) groups is 1. The molecule has 1 aromatic rings. The fourth-order valence-electron chi connectivity index (χ4n) is 1.48. The average Bonchev–Trinajstić information content (AvgIpc) is 2.43. The van der Waals surface area contributed by atoms with Crippen molar-refractivity contribution in [2.45, 2.75) is 32.8 Å². The summed E-state index contributed by atoms with van der Waals surface area (Å²) in [5, 5.41) is 11.3. The second-order valence-electron chi connectivity index (χ2n) is 5.53. The highest BCUT2D eigenvalue weighted by atomic mass is 16.5. The predicted molar refractivity (Wildman–Crippen MR) is 79.5 cm³/mol. The molecule has 0 aliphatic heterocycles. The van der Waals surface area contributed by atoms with E-state index in [0.29, 0.717) is 37.6 Å². The summed E-state index contributed by atoms with van der Waals surface area (Å²) >= 11 is 0. The first-order chi connectivity index (χ1) is 9.92. The minimum atomic E-state index is -0.210.